The number of hydrogen-bond acceptors (Lipinski definition) is 5. The van der Waals surface area contributed by atoms with Crippen LogP contribution in [0.5, 0.6) is 0 Å². The zero-order chi connectivity index (χ0) is 22.2. The minimum atomic E-state index is 0.0738. The van der Waals surface area contributed by atoms with E-state index in [1.54, 1.807) is 11.8 Å². The molecule has 0 atom stereocenters. The first-order valence-corrected chi connectivity index (χ1v) is 11.6. The number of pyridine rings is 1. The van der Waals surface area contributed by atoms with Crippen LogP contribution in [-0.4, -0.2) is 30.0 Å². The van der Waals surface area contributed by atoms with Crippen molar-refractivity contribution < 1.29 is 4.79 Å². The van der Waals surface area contributed by atoms with E-state index in [4.69, 9.17) is 11.6 Å². The Morgan fingerprint density at radius 2 is 2.03 bits per heavy atom. The highest BCUT2D eigenvalue weighted by Gasteiger charge is 2.27. The summed E-state index contributed by atoms with van der Waals surface area (Å²) in [6.45, 7) is 13.1. The molecule has 6 nitrogen and oxygen atoms in total. The number of piperidine rings is 1. The Bertz CT molecular complexity index is 1000. The third-order valence-corrected chi connectivity index (χ3v) is 6.54. The molecule has 1 aromatic heterocycles. The van der Waals surface area contributed by atoms with Gasteiger partial charge in [0.1, 0.15) is 16.9 Å². The summed E-state index contributed by atoms with van der Waals surface area (Å²) in [4.78, 5) is 22.5. The van der Waals surface area contributed by atoms with Gasteiger partial charge in [-0.25, -0.2) is 9.83 Å². The quantitative estimate of drug-likeness (QED) is 0.499. The van der Waals surface area contributed by atoms with Crippen LogP contribution in [-0.2, 0) is 17.0 Å². The molecule has 7 heteroatoms. The number of benzene rings is 1. The summed E-state index contributed by atoms with van der Waals surface area (Å²) in [7, 11) is 0. The third kappa shape index (κ3) is 5.37. The first-order chi connectivity index (χ1) is 15.1. The summed E-state index contributed by atoms with van der Waals surface area (Å²) in [5, 5.41) is 13.6. The van der Waals surface area contributed by atoms with Gasteiger partial charge >= 0.3 is 0 Å². The van der Waals surface area contributed by atoms with E-state index in [-0.39, 0.29) is 11.9 Å². The SMILES string of the molecule is [C-]#[N+]c1c(N2CCC(NC(=O)CC)CC2)nc(SCc2ccccc2)c(C#N)c1CC. The van der Waals surface area contributed by atoms with Crippen molar-refractivity contribution in [1.82, 2.24) is 10.3 Å². The Hall–Kier alpha value is -3.03. The molecule has 0 aliphatic carbocycles. The van der Waals surface area contributed by atoms with Gasteiger partial charge in [-0.3, -0.25) is 4.79 Å². The standard InChI is InChI=1S/C24H27N5OS/c1-4-19-20(15-25)24(31-16-17-9-7-6-8-10-17)28-23(22(19)26-3)29-13-11-18(12-14-29)27-21(30)5-2/h6-10,18H,4-5,11-14,16H2,1-2H3,(H,27,30). The van der Waals surface area contributed by atoms with E-state index in [1.807, 2.05) is 32.0 Å². The molecule has 1 saturated heterocycles. The van der Waals surface area contributed by atoms with E-state index in [1.165, 1.54) is 5.56 Å². The lowest BCUT2D eigenvalue weighted by Crippen LogP contribution is -2.44. The average Bonchev–Trinajstić information content (AvgIpc) is 2.82. The third-order valence-electron chi connectivity index (χ3n) is 5.50. The number of aromatic nitrogens is 1. The fourth-order valence-corrected chi connectivity index (χ4v) is 4.74. The van der Waals surface area contributed by atoms with Gasteiger partial charge in [0, 0.05) is 31.3 Å². The zero-order valence-electron chi connectivity index (χ0n) is 18.0. The van der Waals surface area contributed by atoms with E-state index in [2.05, 4.69) is 33.3 Å². The van der Waals surface area contributed by atoms with Crippen LogP contribution in [0.4, 0.5) is 11.5 Å². The number of nitrogens with zero attached hydrogens (tertiary/aromatic N) is 4. The molecule has 0 bridgehead atoms. The van der Waals surface area contributed by atoms with Gasteiger partial charge in [-0.1, -0.05) is 44.2 Å². The van der Waals surface area contributed by atoms with Crippen LogP contribution in [0.1, 0.15) is 49.8 Å². The first-order valence-electron chi connectivity index (χ1n) is 10.7. The largest absolute Gasteiger partial charge is 0.365 e. The Kier molecular flexibility index (Phi) is 7.92. The van der Waals surface area contributed by atoms with Gasteiger partial charge in [-0.2, -0.15) is 5.26 Å². The summed E-state index contributed by atoms with van der Waals surface area (Å²) in [5.41, 5.74) is 2.95. The number of nitrogens with one attached hydrogen (secondary N) is 1. The monoisotopic (exact) mass is 433 g/mol. The Labute approximate surface area is 188 Å². The molecule has 31 heavy (non-hydrogen) atoms. The molecule has 2 aromatic rings. The van der Waals surface area contributed by atoms with Crippen molar-refractivity contribution in [2.45, 2.75) is 56.4 Å². The fourth-order valence-electron chi connectivity index (χ4n) is 3.78. The smallest absolute Gasteiger partial charge is 0.232 e. The molecule has 1 aromatic carbocycles. The minimum absolute atomic E-state index is 0.0738. The Balaban J connectivity index is 1.88. The second kappa shape index (κ2) is 10.8. The molecule has 0 unspecified atom stereocenters. The zero-order valence-corrected chi connectivity index (χ0v) is 18.8. The van der Waals surface area contributed by atoms with Crippen LogP contribution in [0.15, 0.2) is 35.4 Å². The topological polar surface area (TPSA) is 73.4 Å². The van der Waals surface area contributed by atoms with E-state index in [0.717, 1.165) is 31.5 Å². The highest BCUT2D eigenvalue weighted by Crippen LogP contribution is 2.39. The second-order valence-electron chi connectivity index (χ2n) is 7.48. The summed E-state index contributed by atoms with van der Waals surface area (Å²) in [5.74, 6) is 1.46. The molecule has 1 amide bonds. The minimum Gasteiger partial charge on any atom is -0.365 e. The molecule has 0 saturated carbocycles. The highest BCUT2D eigenvalue weighted by atomic mass is 32.2. The number of anilines is 1. The van der Waals surface area contributed by atoms with Crippen molar-refractivity contribution >= 4 is 29.2 Å². The summed E-state index contributed by atoms with van der Waals surface area (Å²) in [6, 6.07) is 12.6. The molecular weight excluding hydrogens is 406 g/mol. The number of rotatable bonds is 7. The first kappa shape index (κ1) is 22.7. The van der Waals surface area contributed by atoms with Crippen molar-refractivity contribution in [1.29, 1.82) is 5.26 Å². The van der Waals surface area contributed by atoms with Crippen LogP contribution >= 0.6 is 11.8 Å². The second-order valence-corrected chi connectivity index (χ2v) is 8.44. The molecule has 0 spiro atoms. The molecule has 2 heterocycles. The fraction of sp³-hybridized carbons (Fsp3) is 0.417. The maximum absolute atomic E-state index is 11.7. The van der Waals surface area contributed by atoms with Crippen molar-refractivity contribution in [3.05, 3.63) is 58.4 Å². The number of amides is 1. The predicted molar refractivity (Wildman–Crippen MR) is 124 cm³/mol. The van der Waals surface area contributed by atoms with E-state index < -0.39 is 0 Å². The molecule has 3 rings (SSSR count). The van der Waals surface area contributed by atoms with E-state index >= 15 is 0 Å². The van der Waals surface area contributed by atoms with Gasteiger partial charge in [0.05, 0.1) is 12.1 Å². The van der Waals surface area contributed by atoms with Crippen LogP contribution in [0, 0.1) is 17.9 Å². The molecule has 1 aliphatic heterocycles. The molecule has 0 radical (unpaired) electrons. The highest BCUT2D eigenvalue weighted by molar-refractivity contribution is 7.98. The van der Waals surface area contributed by atoms with Crippen molar-refractivity contribution in [2.24, 2.45) is 0 Å². The van der Waals surface area contributed by atoms with Crippen LogP contribution in [0.2, 0.25) is 0 Å². The predicted octanol–water partition coefficient (Wildman–Crippen LogP) is 4.85. The van der Waals surface area contributed by atoms with Crippen LogP contribution in [0.3, 0.4) is 0 Å². The van der Waals surface area contributed by atoms with Gasteiger partial charge in [0.25, 0.3) is 0 Å². The van der Waals surface area contributed by atoms with Gasteiger partial charge < -0.3 is 10.2 Å². The van der Waals surface area contributed by atoms with E-state index in [9.17, 15) is 10.1 Å². The van der Waals surface area contributed by atoms with Gasteiger partial charge in [-0.05, 0) is 30.4 Å². The number of carbonyl (C=O) groups excluding carboxylic acids is 1. The average molecular weight is 434 g/mol. The van der Waals surface area contributed by atoms with Crippen molar-refractivity contribution in [2.75, 3.05) is 18.0 Å². The lowest BCUT2D eigenvalue weighted by atomic mass is 10.0. The van der Waals surface area contributed by atoms with Gasteiger partial charge in [0.15, 0.2) is 0 Å². The maximum Gasteiger partial charge on any atom is 0.232 e. The van der Waals surface area contributed by atoms with Crippen molar-refractivity contribution in [3.8, 4) is 6.07 Å². The number of hydrogen-bond donors (Lipinski definition) is 1. The molecular formula is C24H27N5OS. The van der Waals surface area contributed by atoms with Crippen molar-refractivity contribution in [3.63, 3.8) is 0 Å². The number of carbonyl (C=O) groups is 1. The molecule has 1 fully saturated rings. The van der Waals surface area contributed by atoms with Gasteiger partial charge in [0.2, 0.25) is 11.6 Å². The summed E-state index contributed by atoms with van der Waals surface area (Å²) >= 11 is 1.54. The van der Waals surface area contributed by atoms with Crippen LogP contribution < -0.4 is 10.2 Å². The lowest BCUT2D eigenvalue weighted by molar-refractivity contribution is -0.121. The van der Waals surface area contributed by atoms with Crippen LogP contribution in [0.25, 0.3) is 4.85 Å². The molecule has 1 N–H and O–H groups in total. The lowest BCUT2D eigenvalue weighted by Gasteiger charge is -2.34. The summed E-state index contributed by atoms with van der Waals surface area (Å²) in [6.07, 6.45) is 2.73. The summed E-state index contributed by atoms with van der Waals surface area (Å²) < 4.78 is 0. The number of nitriles is 1. The Morgan fingerprint density at radius 1 is 1.32 bits per heavy atom. The normalized spacial score (nSPS) is 14.0. The van der Waals surface area contributed by atoms with Gasteiger partial charge in [-0.15, -0.1) is 11.8 Å². The maximum atomic E-state index is 11.7. The molecule has 160 valence electrons. The van der Waals surface area contributed by atoms with E-state index in [0.29, 0.717) is 40.7 Å². The Morgan fingerprint density at radius 3 is 2.61 bits per heavy atom. The number of thioether (sulfide) groups is 1. The molecule has 1 aliphatic rings.